The summed E-state index contributed by atoms with van der Waals surface area (Å²) in [5.41, 5.74) is 14.5. The van der Waals surface area contributed by atoms with E-state index in [1.54, 1.807) is 0 Å². The molecule has 0 amide bonds. The Morgan fingerprint density at radius 1 is 0.417 bits per heavy atom. The van der Waals surface area contributed by atoms with Crippen molar-refractivity contribution in [3.05, 3.63) is 188 Å². The molecule has 0 radical (unpaired) electrons. The van der Waals surface area contributed by atoms with Gasteiger partial charge in [-0.05, 0) is 97.9 Å². The van der Waals surface area contributed by atoms with Gasteiger partial charge in [0.1, 0.15) is 22.3 Å². The molecular weight excluding hydrogens is 735 g/mol. The summed E-state index contributed by atoms with van der Waals surface area (Å²) in [7, 11) is 0. The highest BCUT2D eigenvalue weighted by Gasteiger charge is 2.24. The molecule has 0 atom stereocenters. The zero-order valence-electron chi connectivity index (χ0n) is 32.7. The van der Waals surface area contributed by atoms with Gasteiger partial charge in [0.05, 0.1) is 44.0 Å². The molecule has 13 rings (SSSR count). The Labute approximate surface area is 343 Å². The van der Waals surface area contributed by atoms with Gasteiger partial charge < -0.3 is 22.5 Å². The number of fused-ring (bicyclic) bond motifs is 15. The van der Waals surface area contributed by atoms with Gasteiger partial charge in [0.2, 0.25) is 0 Å². The monoisotopic (exact) mass is 769 g/mol. The maximum atomic E-state index is 7.24. The minimum absolute atomic E-state index is 0.856. The summed E-state index contributed by atoms with van der Waals surface area (Å²) >= 11 is 0. The van der Waals surface area contributed by atoms with Gasteiger partial charge in [0.15, 0.2) is 0 Å². The smallest absolute Gasteiger partial charge is 0.145 e. The number of benzene rings is 8. The van der Waals surface area contributed by atoms with Crippen LogP contribution < -0.4 is 0 Å². The second kappa shape index (κ2) is 12.2. The lowest BCUT2D eigenvalue weighted by atomic mass is 10.0. The van der Waals surface area contributed by atoms with Crippen LogP contribution in [0.15, 0.2) is 185 Å². The standard InChI is InChI=1S/C55H35N3O2/c1-3-14-44-36(4-2)52-48(58(44)35-25-30-51-43(32-35)39-19-8-12-24-50(39)59-51)28-26-40-41-27-29-49-53(55(41)60-54(40)52)42-20-7-11-23-47(42)57(49)34-16-13-15-33(31-34)56-45-21-9-5-17-37(45)38-18-6-10-22-46(38)56/h3-32H,2H2,1H3/b14-3-. The van der Waals surface area contributed by atoms with E-state index in [4.69, 9.17) is 8.83 Å². The summed E-state index contributed by atoms with van der Waals surface area (Å²) in [6.07, 6.45) is 6.23. The molecule has 0 aliphatic heterocycles. The molecule has 0 aliphatic carbocycles. The van der Waals surface area contributed by atoms with E-state index in [9.17, 15) is 0 Å². The quantitative estimate of drug-likeness (QED) is 0.175. The predicted octanol–water partition coefficient (Wildman–Crippen LogP) is 15.3. The molecule has 0 unspecified atom stereocenters. The lowest BCUT2D eigenvalue weighted by molar-refractivity contribution is 0.669. The molecule has 5 aromatic heterocycles. The van der Waals surface area contributed by atoms with Crippen LogP contribution in [0.5, 0.6) is 0 Å². The highest BCUT2D eigenvalue weighted by molar-refractivity contribution is 6.27. The molecule has 5 nitrogen and oxygen atoms in total. The topological polar surface area (TPSA) is 41.1 Å². The van der Waals surface area contributed by atoms with Gasteiger partial charge in [0.25, 0.3) is 0 Å². The van der Waals surface area contributed by atoms with E-state index in [1.807, 2.05) is 18.2 Å². The van der Waals surface area contributed by atoms with Crippen LogP contribution in [0, 0.1) is 0 Å². The van der Waals surface area contributed by atoms with Crippen molar-refractivity contribution >= 4 is 111 Å². The number of para-hydroxylation sites is 4. The molecular formula is C55H35N3O2. The van der Waals surface area contributed by atoms with E-state index in [1.165, 1.54) is 21.8 Å². The summed E-state index contributed by atoms with van der Waals surface area (Å²) in [4.78, 5) is 0. The molecule has 0 aliphatic rings. The summed E-state index contributed by atoms with van der Waals surface area (Å²) in [5, 5.41) is 10.1. The van der Waals surface area contributed by atoms with Crippen molar-refractivity contribution in [2.45, 2.75) is 6.92 Å². The van der Waals surface area contributed by atoms with Gasteiger partial charge in [-0.25, -0.2) is 0 Å². The van der Waals surface area contributed by atoms with Gasteiger partial charge in [-0.15, -0.1) is 0 Å². The molecule has 5 heteroatoms. The Balaban J connectivity index is 1.06. The number of furan rings is 2. The summed E-state index contributed by atoms with van der Waals surface area (Å²) in [6, 6.07) is 58.6. The molecule has 0 saturated heterocycles. The van der Waals surface area contributed by atoms with Crippen molar-refractivity contribution in [1.82, 2.24) is 13.7 Å². The molecule has 0 saturated carbocycles. The van der Waals surface area contributed by atoms with Crippen molar-refractivity contribution in [2.24, 2.45) is 0 Å². The van der Waals surface area contributed by atoms with Gasteiger partial charge in [0, 0.05) is 60.3 Å². The van der Waals surface area contributed by atoms with Gasteiger partial charge in [-0.1, -0.05) is 97.6 Å². The Kier molecular flexibility index (Phi) is 6.74. The van der Waals surface area contributed by atoms with E-state index in [-0.39, 0.29) is 0 Å². The van der Waals surface area contributed by atoms with Crippen LogP contribution in [-0.4, -0.2) is 13.7 Å². The fraction of sp³-hybridized carbons (Fsp3) is 0.0182. The third-order valence-electron chi connectivity index (χ3n) is 12.5. The number of hydrogen-bond acceptors (Lipinski definition) is 2. The number of allylic oxidation sites excluding steroid dienone is 1. The molecule has 0 fully saturated rings. The van der Waals surface area contributed by atoms with Gasteiger partial charge >= 0.3 is 0 Å². The normalized spacial score (nSPS) is 12.4. The third-order valence-corrected chi connectivity index (χ3v) is 12.5. The first-order valence-corrected chi connectivity index (χ1v) is 20.4. The van der Waals surface area contributed by atoms with Crippen LogP contribution in [-0.2, 0) is 0 Å². The Hall–Kier alpha value is -8.02. The zero-order chi connectivity index (χ0) is 39.6. The van der Waals surface area contributed by atoms with Crippen LogP contribution in [0.1, 0.15) is 18.2 Å². The SMILES string of the molecule is C=Cc1c(/C=C\C)n(-c2ccc3oc4ccccc4c3c2)c2ccc3c4ccc5c(c6ccccc6n5-c5cccc(-n6c7ccccc7c7ccccc76)c5)c4oc3c12. The Morgan fingerprint density at radius 2 is 0.967 bits per heavy atom. The van der Waals surface area contributed by atoms with E-state index in [0.29, 0.717) is 0 Å². The summed E-state index contributed by atoms with van der Waals surface area (Å²) < 4.78 is 20.5. The highest BCUT2D eigenvalue weighted by atomic mass is 16.3. The maximum Gasteiger partial charge on any atom is 0.145 e. The Morgan fingerprint density at radius 3 is 1.65 bits per heavy atom. The van der Waals surface area contributed by atoms with E-state index >= 15 is 0 Å². The number of rotatable bonds is 5. The average molecular weight is 770 g/mol. The predicted molar refractivity (Wildman–Crippen MR) is 251 cm³/mol. The van der Waals surface area contributed by atoms with Crippen molar-refractivity contribution in [3.8, 4) is 17.1 Å². The number of nitrogens with zero attached hydrogens (tertiary/aromatic N) is 3. The number of aromatic nitrogens is 3. The third kappa shape index (κ3) is 4.35. The molecule has 282 valence electrons. The average Bonchev–Trinajstić information content (AvgIpc) is 4.09. The van der Waals surface area contributed by atoms with Gasteiger partial charge in [-0.2, -0.15) is 0 Å². The van der Waals surface area contributed by atoms with Crippen molar-refractivity contribution in [3.63, 3.8) is 0 Å². The lowest BCUT2D eigenvalue weighted by Gasteiger charge is -2.12. The van der Waals surface area contributed by atoms with Gasteiger partial charge in [-0.3, -0.25) is 0 Å². The second-order valence-corrected chi connectivity index (χ2v) is 15.6. The fourth-order valence-corrected chi connectivity index (χ4v) is 10.1. The molecule has 5 heterocycles. The van der Waals surface area contributed by atoms with E-state index in [0.717, 1.165) is 105 Å². The molecule has 60 heavy (non-hydrogen) atoms. The van der Waals surface area contributed by atoms with Crippen molar-refractivity contribution < 1.29 is 8.83 Å². The van der Waals surface area contributed by atoms with Crippen LogP contribution in [0.25, 0.3) is 128 Å². The van der Waals surface area contributed by atoms with Crippen LogP contribution >= 0.6 is 0 Å². The zero-order valence-corrected chi connectivity index (χ0v) is 32.7. The lowest BCUT2D eigenvalue weighted by Crippen LogP contribution is -1.98. The minimum atomic E-state index is 0.856. The largest absolute Gasteiger partial charge is 0.456 e. The highest BCUT2D eigenvalue weighted by Crippen LogP contribution is 2.45. The molecule has 13 aromatic rings. The summed E-state index contributed by atoms with van der Waals surface area (Å²) in [5.74, 6) is 0. The first-order valence-electron chi connectivity index (χ1n) is 20.4. The molecule has 0 spiro atoms. The van der Waals surface area contributed by atoms with Crippen LogP contribution in [0.3, 0.4) is 0 Å². The van der Waals surface area contributed by atoms with E-state index < -0.39 is 0 Å². The maximum absolute atomic E-state index is 7.24. The molecule has 8 aromatic carbocycles. The summed E-state index contributed by atoms with van der Waals surface area (Å²) in [6.45, 7) is 6.41. The van der Waals surface area contributed by atoms with Crippen molar-refractivity contribution in [2.75, 3.05) is 0 Å². The fourth-order valence-electron chi connectivity index (χ4n) is 10.1. The molecule has 0 N–H and O–H groups in total. The first kappa shape index (κ1) is 33.0. The van der Waals surface area contributed by atoms with Crippen LogP contribution in [0.2, 0.25) is 0 Å². The van der Waals surface area contributed by atoms with Crippen LogP contribution in [0.4, 0.5) is 0 Å². The number of hydrogen-bond donors (Lipinski definition) is 0. The molecule has 0 bridgehead atoms. The Bertz CT molecular complexity index is 3940. The van der Waals surface area contributed by atoms with Crippen molar-refractivity contribution in [1.29, 1.82) is 0 Å². The van der Waals surface area contributed by atoms with E-state index in [2.05, 4.69) is 191 Å². The first-order chi connectivity index (χ1) is 29.7. The second-order valence-electron chi connectivity index (χ2n) is 15.6. The minimum Gasteiger partial charge on any atom is -0.456 e.